The summed E-state index contributed by atoms with van der Waals surface area (Å²) in [5.74, 6) is -0.435. The Morgan fingerprint density at radius 2 is 2.05 bits per heavy atom. The second-order valence-electron chi connectivity index (χ2n) is 4.29. The van der Waals surface area contributed by atoms with Crippen molar-refractivity contribution in [2.24, 2.45) is 0 Å². The van der Waals surface area contributed by atoms with Crippen molar-refractivity contribution in [1.82, 2.24) is 4.57 Å². The average Bonchev–Trinajstić information content (AvgIpc) is 2.79. The van der Waals surface area contributed by atoms with E-state index < -0.39 is 5.97 Å². The third-order valence-corrected chi connectivity index (χ3v) is 3.78. The van der Waals surface area contributed by atoms with E-state index >= 15 is 0 Å². The number of rotatable bonds is 5. The molecule has 6 heteroatoms. The highest BCUT2D eigenvalue weighted by molar-refractivity contribution is 7.07. The van der Waals surface area contributed by atoms with Crippen molar-refractivity contribution in [3.05, 3.63) is 56.1 Å². The molecule has 0 aliphatic carbocycles. The van der Waals surface area contributed by atoms with Crippen LogP contribution >= 0.6 is 11.3 Å². The molecule has 0 spiro atoms. The van der Waals surface area contributed by atoms with Crippen molar-refractivity contribution in [3.63, 3.8) is 0 Å². The number of carbonyl (C=O) groups excluding carboxylic acids is 1. The molecule has 1 N–H and O–H groups in total. The summed E-state index contributed by atoms with van der Waals surface area (Å²) in [6, 6.07) is 6.56. The van der Waals surface area contributed by atoms with Crippen molar-refractivity contribution in [3.8, 4) is 0 Å². The Kier molecular flexibility index (Phi) is 4.70. The fraction of sp³-hybridized carbons (Fsp3) is 0.286. The van der Waals surface area contributed by atoms with E-state index in [0.717, 1.165) is 22.6 Å². The van der Waals surface area contributed by atoms with E-state index in [2.05, 4.69) is 0 Å². The van der Waals surface area contributed by atoms with Gasteiger partial charge in [0.1, 0.15) is 6.61 Å². The lowest BCUT2D eigenvalue weighted by Crippen LogP contribution is -2.19. The van der Waals surface area contributed by atoms with Crippen molar-refractivity contribution in [2.45, 2.75) is 20.1 Å². The zero-order chi connectivity index (χ0) is 14.5. The number of carbonyl (C=O) groups is 1. The number of ether oxygens (including phenoxy) is 1. The minimum Gasteiger partial charge on any atom is -0.460 e. The Morgan fingerprint density at radius 3 is 2.60 bits per heavy atom. The smallest absolute Gasteiger partial charge is 0.338 e. The summed E-state index contributed by atoms with van der Waals surface area (Å²) in [5.41, 5.74) is 2.03. The lowest BCUT2D eigenvalue weighted by atomic mass is 10.1. The number of aliphatic hydroxyl groups is 1. The van der Waals surface area contributed by atoms with Crippen LogP contribution < -0.4 is 4.87 Å². The SMILES string of the molecule is Cc1csc(=O)n1CCOC(=O)c1ccc(CO)cc1. The van der Waals surface area contributed by atoms with Crippen LogP contribution in [0.3, 0.4) is 0 Å². The van der Waals surface area contributed by atoms with E-state index in [0.29, 0.717) is 12.1 Å². The second-order valence-corrected chi connectivity index (χ2v) is 5.11. The zero-order valence-electron chi connectivity index (χ0n) is 11.0. The predicted octanol–water partition coefficient (Wildman–Crippen LogP) is 1.57. The number of aliphatic hydroxyl groups excluding tert-OH is 1. The third-order valence-electron chi connectivity index (χ3n) is 2.90. The summed E-state index contributed by atoms with van der Waals surface area (Å²) in [5, 5.41) is 10.7. The van der Waals surface area contributed by atoms with Gasteiger partial charge in [-0.1, -0.05) is 23.5 Å². The van der Waals surface area contributed by atoms with E-state index in [4.69, 9.17) is 9.84 Å². The molecule has 5 nitrogen and oxygen atoms in total. The maximum atomic E-state index is 11.8. The average molecular weight is 293 g/mol. The molecule has 1 aromatic carbocycles. The van der Waals surface area contributed by atoms with Gasteiger partial charge in [0.2, 0.25) is 0 Å². The third kappa shape index (κ3) is 3.34. The molecule has 0 fully saturated rings. The van der Waals surface area contributed by atoms with Gasteiger partial charge in [-0.3, -0.25) is 9.36 Å². The largest absolute Gasteiger partial charge is 0.460 e. The molecule has 0 saturated carbocycles. The van der Waals surface area contributed by atoms with Crippen LogP contribution in [0, 0.1) is 6.92 Å². The normalized spacial score (nSPS) is 10.5. The fourth-order valence-corrected chi connectivity index (χ4v) is 2.49. The lowest BCUT2D eigenvalue weighted by Gasteiger charge is -2.07. The van der Waals surface area contributed by atoms with Crippen LogP contribution in [0.25, 0.3) is 0 Å². The van der Waals surface area contributed by atoms with Gasteiger partial charge in [-0.15, -0.1) is 0 Å². The van der Waals surface area contributed by atoms with Crippen LogP contribution in [-0.4, -0.2) is 22.2 Å². The molecule has 0 radical (unpaired) electrons. The molecule has 2 rings (SSSR count). The summed E-state index contributed by atoms with van der Waals surface area (Å²) in [7, 11) is 0. The standard InChI is InChI=1S/C14H15NO4S/c1-10-9-20-14(18)15(10)6-7-19-13(17)12-4-2-11(8-16)3-5-12/h2-5,9,16H,6-8H2,1H3. The zero-order valence-corrected chi connectivity index (χ0v) is 11.9. The van der Waals surface area contributed by atoms with Gasteiger partial charge in [-0.2, -0.15) is 0 Å². The number of aryl methyl sites for hydroxylation is 1. The van der Waals surface area contributed by atoms with Gasteiger partial charge < -0.3 is 9.84 Å². The molecular formula is C14H15NO4S. The molecule has 0 atom stereocenters. The first-order valence-electron chi connectivity index (χ1n) is 6.13. The van der Waals surface area contributed by atoms with Crippen LogP contribution in [0.5, 0.6) is 0 Å². The van der Waals surface area contributed by atoms with E-state index in [-0.39, 0.29) is 18.1 Å². The van der Waals surface area contributed by atoms with Gasteiger partial charge in [-0.25, -0.2) is 4.79 Å². The summed E-state index contributed by atoms with van der Waals surface area (Å²) in [6.45, 7) is 2.29. The molecule has 0 amide bonds. The van der Waals surface area contributed by atoms with Gasteiger partial charge in [0.05, 0.1) is 18.7 Å². The highest BCUT2D eigenvalue weighted by Crippen LogP contribution is 2.06. The lowest BCUT2D eigenvalue weighted by molar-refractivity contribution is 0.0490. The summed E-state index contributed by atoms with van der Waals surface area (Å²) in [4.78, 5) is 23.2. The molecule has 0 bridgehead atoms. The van der Waals surface area contributed by atoms with Crippen LogP contribution in [-0.2, 0) is 17.9 Å². The van der Waals surface area contributed by atoms with Crippen LogP contribution in [0.15, 0.2) is 34.4 Å². The summed E-state index contributed by atoms with van der Waals surface area (Å²) < 4.78 is 6.70. The van der Waals surface area contributed by atoms with Gasteiger partial charge >= 0.3 is 10.8 Å². The van der Waals surface area contributed by atoms with E-state index in [1.165, 1.54) is 0 Å². The number of hydrogen-bond donors (Lipinski definition) is 1. The molecule has 20 heavy (non-hydrogen) atoms. The molecule has 0 aliphatic heterocycles. The predicted molar refractivity (Wildman–Crippen MR) is 76.0 cm³/mol. The highest BCUT2D eigenvalue weighted by atomic mass is 32.1. The van der Waals surface area contributed by atoms with E-state index in [1.807, 2.05) is 6.92 Å². The highest BCUT2D eigenvalue weighted by Gasteiger charge is 2.08. The van der Waals surface area contributed by atoms with E-state index in [1.54, 1.807) is 34.2 Å². The maximum absolute atomic E-state index is 11.8. The Labute approximate surface area is 120 Å². The van der Waals surface area contributed by atoms with Gasteiger partial charge in [0, 0.05) is 11.1 Å². The molecule has 0 aliphatic rings. The van der Waals surface area contributed by atoms with Crippen molar-refractivity contribution in [2.75, 3.05) is 6.61 Å². The van der Waals surface area contributed by atoms with Crippen molar-refractivity contribution < 1.29 is 14.6 Å². The quantitative estimate of drug-likeness (QED) is 0.850. The minimum absolute atomic E-state index is 0.0501. The molecule has 2 aromatic rings. The number of benzene rings is 1. The second kappa shape index (κ2) is 6.49. The Morgan fingerprint density at radius 1 is 1.35 bits per heavy atom. The first-order chi connectivity index (χ1) is 9.61. The summed E-state index contributed by atoms with van der Waals surface area (Å²) in [6.07, 6.45) is 0. The Bertz CT molecular complexity index is 642. The molecule has 1 heterocycles. The molecule has 0 saturated heterocycles. The number of aromatic nitrogens is 1. The Hall–Kier alpha value is -1.92. The maximum Gasteiger partial charge on any atom is 0.338 e. The fourth-order valence-electron chi connectivity index (χ4n) is 1.73. The number of esters is 1. The van der Waals surface area contributed by atoms with Crippen LogP contribution in [0.1, 0.15) is 21.6 Å². The van der Waals surface area contributed by atoms with Crippen molar-refractivity contribution in [1.29, 1.82) is 0 Å². The number of nitrogens with zero attached hydrogens (tertiary/aromatic N) is 1. The van der Waals surface area contributed by atoms with Crippen molar-refractivity contribution >= 4 is 17.3 Å². The number of hydrogen-bond acceptors (Lipinski definition) is 5. The molecule has 1 aromatic heterocycles. The van der Waals surface area contributed by atoms with Gasteiger partial charge in [0.15, 0.2) is 0 Å². The number of thiazole rings is 1. The first kappa shape index (κ1) is 14.5. The van der Waals surface area contributed by atoms with Crippen LogP contribution in [0.2, 0.25) is 0 Å². The van der Waals surface area contributed by atoms with Gasteiger partial charge in [0.25, 0.3) is 0 Å². The first-order valence-corrected chi connectivity index (χ1v) is 7.01. The van der Waals surface area contributed by atoms with Gasteiger partial charge in [-0.05, 0) is 24.6 Å². The summed E-state index contributed by atoms with van der Waals surface area (Å²) >= 11 is 1.13. The topological polar surface area (TPSA) is 68.5 Å². The molecular weight excluding hydrogens is 278 g/mol. The monoisotopic (exact) mass is 293 g/mol. The minimum atomic E-state index is -0.435. The Balaban J connectivity index is 1.90. The van der Waals surface area contributed by atoms with Crippen LogP contribution in [0.4, 0.5) is 0 Å². The molecule has 0 unspecified atom stereocenters. The molecule has 106 valence electrons. The van der Waals surface area contributed by atoms with E-state index in [9.17, 15) is 9.59 Å².